The third-order valence-electron chi connectivity index (χ3n) is 11.1. The Morgan fingerprint density at radius 2 is 1.88 bits per heavy atom. The highest BCUT2D eigenvalue weighted by Gasteiger charge is 2.62. The molecule has 4 amide bonds. The number of ether oxygens (including phenoxy) is 2. The molecule has 1 saturated heterocycles. The summed E-state index contributed by atoms with van der Waals surface area (Å²) >= 11 is 0. The zero-order valence-electron chi connectivity index (χ0n) is 29.6. The Morgan fingerprint density at radius 3 is 2.60 bits per heavy atom. The molecule has 2 aromatic rings. The molecule has 3 heterocycles. The summed E-state index contributed by atoms with van der Waals surface area (Å²) in [7, 11) is -3.88. The average molecular weight is 734 g/mol. The summed E-state index contributed by atoms with van der Waals surface area (Å²) in [6.07, 6.45) is 10.9. The van der Waals surface area contributed by atoms with E-state index >= 15 is 0 Å². The highest BCUT2D eigenvalue weighted by molar-refractivity contribution is 7.91. The Labute approximate surface area is 304 Å². The molecule has 7 rings (SSSR count). The van der Waals surface area contributed by atoms with E-state index in [-0.39, 0.29) is 31.9 Å². The summed E-state index contributed by atoms with van der Waals surface area (Å²) in [5, 5.41) is 6.73. The van der Waals surface area contributed by atoms with E-state index < -0.39 is 74.1 Å². The van der Waals surface area contributed by atoms with Gasteiger partial charge in [-0.1, -0.05) is 57.0 Å². The molecule has 4 fully saturated rings. The summed E-state index contributed by atoms with van der Waals surface area (Å²) in [6.45, 7) is 7.92. The number of benzene rings is 1. The van der Waals surface area contributed by atoms with Gasteiger partial charge in [-0.15, -0.1) is 6.58 Å². The Kier molecular flexibility index (Phi) is 9.55. The van der Waals surface area contributed by atoms with Crippen LogP contribution in [-0.4, -0.2) is 84.2 Å². The number of cyclic esters (lactones) is 1. The molecule has 0 radical (unpaired) electrons. The second kappa shape index (κ2) is 13.8. The van der Waals surface area contributed by atoms with E-state index in [1.807, 2.05) is 50.3 Å². The first-order valence-corrected chi connectivity index (χ1v) is 19.8. The van der Waals surface area contributed by atoms with Gasteiger partial charge < -0.3 is 25.0 Å². The minimum absolute atomic E-state index is 0.0156. The summed E-state index contributed by atoms with van der Waals surface area (Å²) < 4.78 is 39.8. The van der Waals surface area contributed by atoms with Crippen LogP contribution in [0.15, 0.2) is 49.2 Å². The molecule has 1 aromatic heterocycles. The number of sulfonamides is 1. The molecule has 5 atom stereocenters. The number of nitrogens with zero attached hydrogens (tertiary/aromatic N) is 2. The smallest absolute Gasteiger partial charge is 0.407 e. The molecule has 0 unspecified atom stereocenters. The van der Waals surface area contributed by atoms with Crippen molar-refractivity contribution >= 4 is 50.7 Å². The summed E-state index contributed by atoms with van der Waals surface area (Å²) in [6, 6.07) is 5.79. The fourth-order valence-electron chi connectivity index (χ4n) is 7.76. The van der Waals surface area contributed by atoms with Gasteiger partial charge in [0.15, 0.2) is 0 Å². The maximum atomic E-state index is 14.6. The van der Waals surface area contributed by atoms with Crippen molar-refractivity contribution in [1.82, 2.24) is 25.2 Å². The number of carbonyl (C=O) groups is 4. The minimum atomic E-state index is -3.88. The quantitative estimate of drug-likeness (QED) is 0.356. The van der Waals surface area contributed by atoms with Crippen LogP contribution in [0.1, 0.15) is 77.2 Å². The van der Waals surface area contributed by atoms with Crippen molar-refractivity contribution in [3.05, 3.63) is 54.8 Å². The van der Waals surface area contributed by atoms with Crippen LogP contribution in [0, 0.1) is 17.3 Å². The number of pyridine rings is 1. The molecule has 278 valence electrons. The van der Waals surface area contributed by atoms with Gasteiger partial charge in [0.2, 0.25) is 27.7 Å². The van der Waals surface area contributed by atoms with Gasteiger partial charge in [0.05, 0.1) is 18.4 Å². The van der Waals surface area contributed by atoms with Crippen molar-refractivity contribution in [2.24, 2.45) is 17.3 Å². The molecule has 14 heteroatoms. The van der Waals surface area contributed by atoms with E-state index in [1.54, 1.807) is 6.20 Å². The van der Waals surface area contributed by atoms with Crippen molar-refractivity contribution in [3.8, 4) is 5.88 Å². The van der Waals surface area contributed by atoms with Crippen LogP contribution in [-0.2, 0) is 29.1 Å². The molecular formula is C38H47N5O8S. The van der Waals surface area contributed by atoms with Gasteiger partial charge in [-0.25, -0.2) is 18.2 Å². The fraction of sp³-hybridized carbons (Fsp3) is 0.553. The Bertz CT molecular complexity index is 1920. The second-order valence-corrected chi connectivity index (χ2v) is 17.7. The van der Waals surface area contributed by atoms with E-state index in [4.69, 9.17) is 9.47 Å². The first-order chi connectivity index (χ1) is 24.8. The third kappa shape index (κ3) is 7.39. The van der Waals surface area contributed by atoms with Crippen molar-refractivity contribution in [2.75, 3.05) is 13.2 Å². The number of hydrogen-bond donors (Lipinski definition) is 3. The largest absolute Gasteiger partial charge is 0.472 e. The van der Waals surface area contributed by atoms with Gasteiger partial charge >= 0.3 is 6.09 Å². The topological polar surface area (TPSA) is 173 Å². The van der Waals surface area contributed by atoms with Crippen LogP contribution in [0.25, 0.3) is 16.8 Å². The summed E-state index contributed by atoms with van der Waals surface area (Å²) in [5.41, 5.74) is -0.993. The van der Waals surface area contributed by atoms with Crippen molar-refractivity contribution in [2.45, 2.75) is 101 Å². The molecule has 13 nitrogen and oxygen atoms in total. The molecule has 3 N–H and O–H groups in total. The zero-order valence-corrected chi connectivity index (χ0v) is 30.5. The SMILES string of the molecule is C=C[C@@H]1C[C@]1(NC(=O)[C@@H]1C[C@@H]2CN1C(=O)[C@H](C1CCCC1)NC(=O)OCC(C)(C)C/C=C\c1ccc3ccnc(c3c1)O2)C(=O)NS(=O)(=O)C1CC1. The predicted molar refractivity (Wildman–Crippen MR) is 193 cm³/mol. The van der Waals surface area contributed by atoms with E-state index in [0.717, 1.165) is 42.0 Å². The number of rotatable bonds is 7. The minimum Gasteiger partial charge on any atom is -0.472 e. The molecule has 3 saturated carbocycles. The lowest BCUT2D eigenvalue weighted by atomic mass is 9.90. The van der Waals surface area contributed by atoms with Gasteiger partial charge in [-0.3, -0.25) is 19.1 Å². The third-order valence-corrected chi connectivity index (χ3v) is 12.9. The Hall–Kier alpha value is -4.46. The molecule has 0 spiro atoms. The lowest BCUT2D eigenvalue weighted by Crippen LogP contribution is -2.59. The number of amides is 4. The van der Waals surface area contributed by atoms with Gasteiger partial charge in [0.25, 0.3) is 5.91 Å². The highest BCUT2D eigenvalue weighted by Crippen LogP contribution is 2.45. The molecule has 3 aliphatic carbocycles. The number of fused-ring (bicyclic) bond motifs is 3. The zero-order chi connectivity index (χ0) is 36.8. The van der Waals surface area contributed by atoms with Gasteiger partial charge in [0, 0.05) is 29.3 Å². The van der Waals surface area contributed by atoms with Crippen molar-refractivity contribution < 1.29 is 37.1 Å². The van der Waals surface area contributed by atoms with E-state index in [0.29, 0.717) is 25.1 Å². The van der Waals surface area contributed by atoms with E-state index in [9.17, 15) is 27.6 Å². The number of nitrogens with one attached hydrogen (secondary N) is 3. The van der Waals surface area contributed by atoms with Crippen LogP contribution >= 0.6 is 0 Å². The summed E-state index contributed by atoms with van der Waals surface area (Å²) in [4.78, 5) is 61.7. The molecule has 5 aliphatic rings. The first-order valence-electron chi connectivity index (χ1n) is 18.2. The van der Waals surface area contributed by atoms with E-state index in [2.05, 4.69) is 26.9 Å². The maximum absolute atomic E-state index is 14.6. The maximum Gasteiger partial charge on any atom is 0.407 e. The molecule has 4 bridgehead atoms. The monoisotopic (exact) mass is 733 g/mol. The second-order valence-electron chi connectivity index (χ2n) is 15.8. The number of hydrogen-bond acceptors (Lipinski definition) is 9. The molecular weight excluding hydrogens is 687 g/mol. The Morgan fingerprint density at radius 1 is 1.12 bits per heavy atom. The number of aromatic nitrogens is 1. The molecule has 2 aliphatic heterocycles. The predicted octanol–water partition coefficient (Wildman–Crippen LogP) is 3.98. The standard InChI is InChI=1S/C38H47N5O8S/c1-4-26-20-38(26,35(46)42-52(48,49)28-13-14-28)41-32(44)30-19-27-21-43(30)34(45)31(25-9-5-6-10-25)40-36(47)50-22-37(2,3)16-7-8-23-11-12-24-15-17-39-33(51-27)29(24)18-23/h4,7-8,11-12,15,17-18,25-28,30-31H,1,5-6,9-10,13-14,16,19-22H2,2-3H3,(H,40,47)(H,41,44)(H,42,46)/b8-7-/t26-,27-,30+,31+,38-/m1/s1. The number of alkyl carbamates (subject to hydrolysis) is 1. The van der Waals surface area contributed by atoms with Gasteiger partial charge in [0.1, 0.15) is 23.7 Å². The first kappa shape index (κ1) is 35.9. The van der Waals surface area contributed by atoms with Crippen molar-refractivity contribution in [3.63, 3.8) is 0 Å². The molecule has 1 aromatic carbocycles. The van der Waals surface area contributed by atoms with Crippen molar-refractivity contribution in [1.29, 1.82) is 0 Å². The molecule has 52 heavy (non-hydrogen) atoms. The van der Waals surface area contributed by atoms with Crippen LogP contribution in [0.4, 0.5) is 4.79 Å². The van der Waals surface area contributed by atoms with Crippen LogP contribution in [0.5, 0.6) is 5.88 Å². The lowest BCUT2D eigenvalue weighted by Gasteiger charge is -2.32. The van der Waals surface area contributed by atoms with Crippen LogP contribution in [0.2, 0.25) is 0 Å². The number of carbonyl (C=O) groups excluding carboxylic acids is 4. The average Bonchev–Trinajstić information content (AvgIpc) is 3.98. The number of allylic oxidation sites excluding steroid dienone is 1. The highest BCUT2D eigenvalue weighted by atomic mass is 32.2. The summed E-state index contributed by atoms with van der Waals surface area (Å²) in [5.74, 6) is -2.20. The van der Waals surface area contributed by atoms with E-state index in [1.165, 1.54) is 11.0 Å². The van der Waals surface area contributed by atoms with Gasteiger partial charge in [-0.05, 0) is 67.5 Å². The normalized spacial score (nSPS) is 30.0. The lowest BCUT2D eigenvalue weighted by molar-refractivity contribution is -0.142. The van der Waals surface area contributed by atoms with Crippen LogP contribution < -0.4 is 20.1 Å². The fourth-order valence-corrected chi connectivity index (χ4v) is 9.13. The Balaban J connectivity index is 1.22. The van der Waals surface area contributed by atoms with Crippen LogP contribution in [0.3, 0.4) is 0 Å². The van der Waals surface area contributed by atoms with Gasteiger partial charge in [-0.2, -0.15) is 0 Å².